The topological polar surface area (TPSA) is 51.0 Å². The number of aromatic nitrogens is 2. The van der Waals surface area contributed by atoms with Crippen LogP contribution < -0.4 is 5.32 Å². The summed E-state index contributed by atoms with van der Waals surface area (Å²) in [4.78, 5) is 4.16. The number of benzene rings is 1. The molecule has 1 aromatic heterocycles. The van der Waals surface area contributed by atoms with Crippen molar-refractivity contribution in [3.05, 3.63) is 29.3 Å². The van der Waals surface area contributed by atoms with Crippen LogP contribution in [-0.2, 0) is 0 Å². The summed E-state index contributed by atoms with van der Waals surface area (Å²) in [5.74, 6) is 0.959. The predicted molar refractivity (Wildman–Crippen MR) is 58.9 cm³/mol. The van der Waals surface area contributed by atoms with E-state index in [2.05, 4.69) is 15.5 Å². The minimum atomic E-state index is 0.466. The molecule has 1 N–H and O–H groups in total. The maximum atomic E-state index is 5.86. The van der Waals surface area contributed by atoms with E-state index in [1.54, 1.807) is 12.1 Å². The minimum absolute atomic E-state index is 0.466. The number of nitrogens with zero attached hydrogens (tertiary/aromatic N) is 2. The highest BCUT2D eigenvalue weighted by atomic mass is 35.5. The van der Waals surface area contributed by atoms with E-state index in [0.717, 1.165) is 12.1 Å². The van der Waals surface area contributed by atoms with Gasteiger partial charge >= 0.3 is 0 Å². The van der Waals surface area contributed by atoms with Gasteiger partial charge in [-0.15, -0.1) is 0 Å². The smallest absolute Gasteiger partial charge is 0.263 e. The molecule has 0 unspecified atom stereocenters. The summed E-state index contributed by atoms with van der Waals surface area (Å²) >= 11 is 5.86. The highest BCUT2D eigenvalue weighted by molar-refractivity contribution is 6.30. The summed E-state index contributed by atoms with van der Waals surface area (Å²) in [7, 11) is 0. The van der Waals surface area contributed by atoms with Crippen molar-refractivity contribution >= 4 is 17.5 Å². The fourth-order valence-corrected chi connectivity index (χ4v) is 1.38. The fourth-order valence-electron chi connectivity index (χ4n) is 1.19. The van der Waals surface area contributed by atoms with Gasteiger partial charge < -0.3 is 9.84 Å². The Labute approximate surface area is 92.3 Å². The van der Waals surface area contributed by atoms with E-state index in [9.17, 15) is 0 Å². The van der Waals surface area contributed by atoms with Crippen molar-refractivity contribution in [2.75, 3.05) is 11.9 Å². The van der Waals surface area contributed by atoms with Crippen LogP contribution in [0.3, 0.4) is 0 Å². The SMILES string of the molecule is CCNc1noc(-c2cccc(Cl)c2)n1. The lowest BCUT2D eigenvalue weighted by atomic mass is 10.2. The van der Waals surface area contributed by atoms with E-state index in [0.29, 0.717) is 16.9 Å². The Hall–Kier alpha value is -1.55. The van der Waals surface area contributed by atoms with Crippen molar-refractivity contribution in [3.8, 4) is 11.5 Å². The van der Waals surface area contributed by atoms with Crippen LogP contribution in [-0.4, -0.2) is 16.7 Å². The summed E-state index contributed by atoms with van der Waals surface area (Å²) in [6.45, 7) is 2.73. The molecule has 78 valence electrons. The molecular formula is C10H10ClN3O. The number of anilines is 1. The normalized spacial score (nSPS) is 10.3. The monoisotopic (exact) mass is 223 g/mol. The number of rotatable bonds is 3. The third kappa shape index (κ3) is 2.27. The number of nitrogens with one attached hydrogen (secondary N) is 1. The molecular weight excluding hydrogens is 214 g/mol. The van der Waals surface area contributed by atoms with E-state index in [1.807, 2.05) is 19.1 Å². The van der Waals surface area contributed by atoms with Gasteiger partial charge in [-0.05, 0) is 30.3 Å². The average Bonchev–Trinajstić information content (AvgIpc) is 2.67. The summed E-state index contributed by atoms with van der Waals surface area (Å²) < 4.78 is 5.08. The van der Waals surface area contributed by atoms with Gasteiger partial charge in [0.2, 0.25) is 0 Å². The molecule has 0 saturated heterocycles. The Kier molecular flexibility index (Phi) is 2.87. The van der Waals surface area contributed by atoms with Crippen LogP contribution in [0.2, 0.25) is 5.02 Å². The number of hydrogen-bond donors (Lipinski definition) is 1. The molecule has 0 spiro atoms. The van der Waals surface area contributed by atoms with Crippen LogP contribution in [0.5, 0.6) is 0 Å². The lowest BCUT2D eigenvalue weighted by Gasteiger charge is -1.94. The maximum Gasteiger partial charge on any atom is 0.263 e. The van der Waals surface area contributed by atoms with Crippen molar-refractivity contribution in [2.24, 2.45) is 0 Å². The zero-order valence-electron chi connectivity index (χ0n) is 8.20. The highest BCUT2D eigenvalue weighted by Crippen LogP contribution is 2.21. The van der Waals surface area contributed by atoms with Crippen molar-refractivity contribution in [3.63, 3.8) is 0 Å². The van der Waals surface area contributed by atoms with Crippen LogP contribution in [0, 0.1) is 0 Å². The molecule has 15 heavy (non-hydrogen) atoms. The first-order chi connectivity index (χ1) is 7.29. The lowest BCUT2D eigenvalue weighted by Crippen LogP contribution is -1.97. The first kappa shape index (κ1) is 9.98. The van der Waals surface area contributed by atoms with Crippen molar-refractivity contribution in [2.45, 2.75) is 6.92 Å². The second-order valence-electron chi connectivity index (χ2n) is 2.96. The van der Waals surface area contributed by atoms with Gasteiger partial charge in [0.15, 0.2) is 0 Å². The summed E-state index contributed by atoms with van der Waals surface area (Å²) in [6, 6.07) is 7.29. The zero-order valence-corrected chi connectivity index (χ0v) is 8.95. The standard InChI is InChI=1S/C10H10ClN3O/c1-2-12-10-13-9(15-14-10)7-4-3-5-8(11)6-7/h3-6H,2H2,1H3,(H,12,14). The Bertz CT molecular complexity index is 455. The van der Waals surface area contributed by atoms with Crippen LogP contribution in [0.1, 0.15) is 6.92 Å². The second kappa shape index (κ2) is 4.31. The summed E-state index contributed by atoms with van der Waals surface area (Å²) in [6.07, 6.45) is 0. The van der Waals surface area contributed by atoms with E-state index in [4.69, 9.17) is 16.1 Å². The highest BCUT2D eigenvalue weighted by Gasteiger charge is 2.07. The van der Waals surface area contributed by atoms with Crippen LogP contribution >= 0.6 is 11.6 Å². The molecule has 5 heteroatoms. The minimum Gasteiger partial charge on any atom is -0.352 e. The van der Waals surface area contributed by atoms with E-state index < -0.39 is 0 Å². The predicted octanol–water partition coefficient (Wildman–Crippen LogP) is 2.82. The fraction of sp³-hybridized carbons (Fsp3) is 0.200. The number of halogens is 1. The van der Waals surface area contributed by atoms with Crippen molar-refractivity contribution < 1.29 is 4.52 Å². The van der Waals surface area contributed by atoms with Gasteiger partial charge in [0.05, 0.1) is 0 Å². The molecule has 2 aromatic rings. The molecule has 0 aliphatic heterocycles. The quantitative estimate of drug-likeness (QED) is 0.870. The zero-order chi connectivity index (χ0) is 10.7. The van der Waals surface area contributed by atoms with Gasteiger partial charge in [0, 0.05) is 17.1 Å². The van der Waals surface area contributed by atoms with Gasteiger partial charge in [-0.3, -0.25) is 0 Å². The van der Waals surface area contributed by atoms with Gasteiger partial charge in [0.1, 0.15) is 0 Å². The second-order valence-corrected chi connectivity index (χ2v) is 3.40. The molecule has 0 amide bonds. The summed E-state index contributed by atoms with van der Waals surface area (Å²) in [5, 5.41) is 7.38. The molecule has 0 aliphatic rings. The largest absolute Gasteiger partial charge is 0.352 e. The molecule has 0 atom stereocenters. The van der Waals surface area contributed by atoms with Crippen LogP contribution in [0.4, 0.5) is 5.95 Å². The third-order valence-corrected chi connectivity index (χ3v) is 2.07. The van der Waals surface area contributed by atoms with Gasteiger partial charge in [-0.2, -0.15) is 4.98 Å². The lowest BCUT2D eigenvalue weighted by molar-refractivity contribution is 0.432. The van der Waals surface area contributed by atoms with E-state index >= 15 is 0 Å². The van der Waals surface area contributed by atoms with Crippen LogP contribution in [0.15, 0.2) is 28.8 Å². The first-order valence-electron chi connectivity index (χ1n) is 4.63. The molecule has 2 rings (SSSR count). The van der Waals surface area contributed by atoms with E-state index in [1.165, 1.54) is 0 Å². The van der Waals surface area contributed by atoms with E-state index in [-0.39, 0.29) is 0 Å². The molecule has 0 fully saturated rings. The Morgan fingerprint density at radius 2 is 2.33 bits per heavy atom. The maximum absolute atomic E-state index is 5.86. The molecule has 1 aromatic carbocycles. The van der Waals surface area contributed by atoms with Crippen molar-refractivity contribution in [1.29, 1.82) is 0 Å². The van der Waals surface area contributed by atoms with Crippen molar-refractivity contribution in [1.82, 2.24) is 10.1 Å². The Morgan fingerprint density at radius 1 is 1.47 bits per heavy atom. The first-order valence-corrected chi connectivity index (χ1v) is 5.01. The van der Waals surface area contributed by atoms with Gasteiger partial charge in [0.25, 0.3) is 11.8 Å². The molecule has 1 heterocycles. The Morgan fingerprint density at radius 3 is 3.07 bits per heavy atom. The molecule has 0 aliphatic carbocycles. The molecule has 0 radical (unpaired) electrons. The molecule has 4 nitrogen and oxygen atoms in total. The summed E-state index contributed by atoms with van der Waals surface area (Å²) in [5.41, 5.74) is 0.819. The molecule has 0 saturated carbocycles. The number of hydrogen-bond acceptors (Lipinski definition) is 4. The van der Waals surface area contributed by atoms with Gasteiger partial charge in [-0.1, -0.05) is 17.7 Å². The Balaban J connectivity index is 2.29. The third-order valence-electron chi connectivity index (χ3n) is 1.83. The van der Waals surface area contributed by atoms with Gasteiger partial charge in [-0.25, -0.2) is 0 Å². The molecule has 0 bridgehead atoms. The average molecular weight is 224 g/mol. The van der Waals surface area contributed by atoms with Crippen LogP contribution in [0.25, 0.3) is 11.5 Å².